The topological polar surface area (TPSA) is 29.1 Å². The third-order valence-corrected chi connectivity index (χ3v) is 4.40. The largest absolute Gasteiger partial charge is 0.322 e. The molecule has 0 fully saturated rings. The Morgan fingerprint density at radius 1 is 1.11 bits per heavy atom. The third-order valence-electron chi connectivity index (χ3n) is 2.87. The van der Waals surface area contributed by atoms with Gasteiger partial charge in [0.05, 0.1) is 0 Å². The summed E-state index contributed by atoms with van der Waals surface area (Å²) in [5.74, 6) is -0.0926. The van der Waals surface area contributed by atoms with Crippen LogP contribution in [0.4, 0.5) is 5.69 Å². The highest BCUT2D eigenvalue weighted by Gasteiger charge is 2.09. The van der Waals surface area contributed by atoms with Crippen LogP contribution in [0.5, 0.6) is 0 Å². The van der Waals surface area contributed by atoms with Gasteiger partial charge in [0.15, 0.2) is 0 Å². The highest BCUT2D eigenvalue weighted by Crippen LogP contribution is 2.21. The molecule has 0 aliphatic carbocycles. The maximum absolute atomic E-state index is 12.2. The number of benzene rings is 2. The molecule has 0 saturated carbocycles. The van der Waals surface area contributed by atoms with Gasteiger partial charge >= 0.3 is 0 Å². The van der Waals surface area contributed by atoms with Crippen molar-refractivity contribution in [2.45, 2.75) is 13.8 Å². The third kappa shape index (κ3) is 3.57. The number of halogens is 2. The fraction of sp³-hybridized carbons (Fsp3) is 0.133. The predicted molar refractivity (Wildman–Crippen MR) is 90.7 cm³/mol. The number of anilines is 1. The molecule has 2 aromatic carbocycles. The van der Waals surface area contributed by atoms with E-state index >= 15 is 0 Å². The lowest BCUT2D eigenvalue weighted by Gasteiger charge is -2.09. The molecule has 0 heterocycles. The van der Waals surface area contributed by atoms with Crippen molar-refractivity contribution in [1.29, 1.82) is 0 Å². The van der Waals surface area contributed by atoms with E-state index in [1.165, 1.54) is 0 Å². The zero-order chi connectivity index (χ0) is 14.0. The van der Waals surface area contributed by atoms with Gasteiger partial charge < -0.3 is 5.32 Å². The van der Waals surface area contributed by atoms with Crippen molar-refractivity contribution in [3.05, 3.63) is 61.1 Å². The van der Waals surface area contributed by atoms with Crippen molar-refractivity contribution in [2.24, 2.45) is 0 Å². The molecule has 0 radical (unpaired) electrons. The molecular formula is C15H13BrINO. The van der Waals surface area contributed by atoms with Gasteiger partial charge in [0, 0.05) is 19.3 Å². The molecule has 0 aromatic heterocycles. The van der Waals surface area contributed by atoms with Crippen molar-refractivity contribution in [3.8, 4) is 0 Å². The van der Waals surface area contributed by atoms with Gasteiger partial charge in [-0.1, -0.05) is 22.0 Å². The average molecular weight is 430 g/mol. The molecule has 0 aliphatic rings. The highest BCUT2D eigenvalue weighted by molar-refractivity contribution is 14.1. The second-order valence-electron chi connectivity index (χ2n) is 4.38. The van der Waals surface area contributed by atoms with E-state index in [0.29, 0.717) is 5.56 Å². The number of carbonyl (C=O) groups excluding carboxylic acids is 1. The van der Waals surface area contributed by atoms with Crippen molar-refractivity contribution >= 4 is 50.1 Å². The molecule has 19 heavy (non-hydrogen) atoms. The Morgan fingerprint density at radius 3 is 2.47 bits per heavy atom. The van der Waals surface area contributed by atoms with Crippen LogP contribution in [0.2, 0.25) is 0 Å². The van der Waals surface area contributed by atoms with Crippen LogP contribution in [-0.4, -0.2) is 5.91 Å². The second kappa shape index (κ2) is 6.05. The lowest BCUT2D eigenvalue weighted by atomic mass is 10.1. The van der Waals surface area contributed by atoms with Crippen LogP contribution < -0.4 is 5.32 Å². The average Bonchev–Trinajstić information content (AvgIpc) is 2.36. The summed E-state index contributed by atoms with van der Waals surface area (Å²) in [4.78, 5) is 12.2. The van der Waals surface area contributed by atoms with E-state index < -0.39 is 0 Å². The van der Waals surface area contributed by atoms with Crippen LogP contribution in [0.1, 0.15) is 21.5 Å². The zero-order valence-electron chi connectivity index (χ0n) is 10.6. The Labute approximate surface area is 134 Å². The first kappa shape index (κ1) is 14.5. The number of amides is 1. The fourth-order valence-electron chi connectivity index (χ4n) is 1.70. The Bertz CT molecular complexity index is 640. The van der Waals surface area contributed by atoms with Gasteiger partial charge in [0.1, 0.15) is 0 Å². The highest BCUT2D eigenvalue weighted by atomic mass is 127. The number of nitrogens with one attached hydrogen (secondary N) is 1. The van der Waals surface area contributed by atoms with E-state index in [4.69, 9.17) is 0 Å². The SMILES string of the molecule is Cc1ccc(C(=O)Nc2ccc(I)cc2C)cc1Br. The molecule has 0 saturated heterocycles. The van der Waals surface area contributed by atoms with E-state index in [9.17, 15) is 4.79 Å². The summed E-state index contributed by atoms with van der Waals surface area (Å²) in [5.41, 5.74) is 3.67. The maximum atomic E-state index is 12.2. The number of rotatable bonds is 2. The van der Waals surface area contributed by atoms with Gasteiger partial charge in [-0.3, -0.25) is 4.79 Å². The van der Waals surface area contributed by atoms with Crippen LogP contribution >= 0.6 is 38.5 Å². The van der Waals surface area contributed by atoms with Gasteiger partial charge in [-0.15, -0.1) is 0 Å². The molecule has 0 aliphatic heterocycles. The summed E-state index contributed by atoms with van der Waals surface area (Å²) in [6.07, 6.45) is 0. The first-order valence-electron chi connectivity index (χ1n) is 5.81. The summed E-state index contributed by atoms with van der Waals surface area (Å²) in [6.45, 7) is 3.98. The van der Waals surface area contributed by atoms with Crippen molar-refractivity contribution in [3.63, 3.8) is 0 Å². The number of carbonyl (C=O) groups is 1. The molecule has 0 atom stereocenters. The molecule has 0 spiro atoms. The molecular weight excluding hydrogens is 417 g/mol. The standard InChI is InChI=1S/C15H13BrINO/c1-9-3-4-11(8-13(9)16)15(19)18-14-6-5-12(17)7-10(14)2/h3-8H,1-2H3,(H,18,19). The van der Waals surface area contributed by atoms with Gasteiger partial charge in [-0.2, -0.15) is 0 Å². The van der Waals surface area contributed by atoms with E-state index in [0.717, 1.165) is 24.9 Å². The van der Waals surface area contributed by atoms with Gasteiger partial charge in [-0.05, 0) is 77.9 Å². The van der Waals surface area contributed by atoms with E-state index in [1.54, 1.807) is 0 Å². The fourth-order valence-corrected chi connectivity index (χ4v) is 2.72. The molecule has 4 heteroatoms. The van der Waals surface area contributed by atoms with Crippen LogP contribution in [0.3, 0.4) is 0 Å². The van der Waals surface area contributed by atoms with Gasteiger partial charge in [0.25, 0.3) is 5.91 Å². The quantitative estimate of drug-likeness (QED) is 0.674. The lowest BCUT2D eigenvalue weighted by molar-refractivity contribution is 0.102. The zero-order valence-corrected chi connectivity index (χ0v) is 14.4. The van der Waals surface area contributed by atoms with Gasteiger partial charge in [-0.25, -0.2) is 0 Å². The minimum absolute atomic E-state index is 0.0926. The van der Waals surface area contributed by atoms with E-state index in [2.05, 4.69) is 43.8 Å². The molecule has 1 N–H and O–H groups in total. The van der Waals surface area contributed by atoms with Crippen LogP contribution in [-0.2, 0) is 0 Å². The first-order valence-corrected chi connectivity index (χ1v) is 7.68. The summed E-state index contributed by atoms with van der Waals surface area (Å²) in [7, 11) is 0. The maximum Gasteiger partial charge on any atom is 0.255 e. The first-order chi connectivity index (χ1) is 8.97. The molecule has 2 rings (SSSR count). The van der Waals surface area contributed by atoms with Gasteiger partial charge in [0.2, 0.25) is 0 Å². The van der Waals surface area contributed by atoms with Crippen molar-refractivity contribution in [1.82, 2.24) is 0 Å². The molecule has 98 valence electrons. The molecule has 0 bridgehead atoms. The van der Waals surface area contributed by atoms with Crippen LogP contribution in [0, 0.1) is 17.4 Å². The monoisotopic (exact) mass is 429 g/mol. The van der Waals surface area contributed by atoms with E-state index in [1.807, 2.05) is 50.2 Å². The Kier molecular flexibility index (Phi) is 4.62. The lowest BCUT2D eigenvalue weighted by Crippen LogP contribution is -2.12. The van der Waals surface area contributed by atoms with Crippen molar-refractivity contribution in [2.75, 3.05) is 5.32 Å². The smallest absolute Gasteiger partial charge is 0.255 e. The minimum atomic E-state index is -0.0926. The Morgan fingerprint density at radius 2 is 1.84 bits per heavy atom. The number of aryl methyl sites for hydroxylation is 2. The normalized spacial score (nSPS) is 10.3. The van der Waals surface area contributed by atoms with Crippen molar-refractivity contribution < 1.29 is 4.79 Å². The number of hydrogen-bond acceptors (Lipinski definition) is 1. The summed E-state index contributed by atoms with van der Waals surface area (Å²) in [6, 6.07) is 11.6. The summed E-state index contributed by atoms with van der Waals surface area (Å²) in [5, 5.41) is 2.94. The second-order valence-corrected chi connectivity index (χ2v) is 6.48. The Balaban J connectivity index is 2.23. The molecule has 2 nitrogen and oxygen atoms in total. The predicted octanol–water partition coefficient (Wildman–Crippen LogP) is 4.92. The Hall–Kier alpha value is -0.880. The van der Waals surface area contributed by atoms with Crippen LogP contribution in [0.15, 0.2) is 40.9 Å². The molecule has 0 unspecified atom stereocenters. The minimum Gasteiger partial charge on any atom is -0.322 e. The van der Waals surface area contributed by atoms with E-state index in [-0.39, 0.29) is 5.91 Å². The summed E-state index contributed by atoms with van der Waals surface area (Å²) >= 11 is 5.70. The number of hydrogen-bond donors (Lipinski definition) is 1. The summed E-state index contributed by atoms with van der Waals surface area (Å²) < 4.78 is 2.10. The molecule has 1 amide bonds. The van der Waals surface area contributed by atoms with Crippen LogP contribution in [0.25, 0.3) is 0 Å². The molecule has 2 aromatic rings.